The molecule has 1 aliphatic heterocycles. The van der Waals surface area contributed by atoms with E-state index in [4.69, 9.17) is 33.0 Å². The van der Waals surface area contributed by atoms with Crippen LogP contribution in [-0.2, 0) is 0 Å². The molecule has 11 heteroatoms. The molecule has 1 fully saturated rings. The largest absolute Gasteiger partial charge is 0.382 e. The molecule has 2 atom stereocenters. The van der Waals surface area contributed by atoms with Gasteiger partial charge in [0, 0.05) is 41.2 Å². The Kier molecular flexibility index (Phi) is 5.85. The Labute approximate surface area is 198 Å². The first-order chi connectivity index (χ1) is 15.5. The standard InChI is InChI=1S/C21H21ClN8S2/c1-11-10-31-21(27-11)13-9-30(8-12(13)6-23)16-7-26-20-14(28-16)2-3-17(29-20)32-15-4-5-25-19(24)18(15)22/h2-5,7,10,12-13H,6,8-9,23H2,1H3,(H2,24,25)/t12-,13+/m1/s1. The number of nitrogens with two attached hydrogens (primary N) is 2. The Morgan fingerprint density at radius 3 is 2.84 bits per heavy atom. The minimum absolute atomic E-state index is 0.300. The Morgan fingerprint density at radius 2 is 2.06 bits per heavy atom. The number of hydrogen-bond acceptors (Lipinski definition) is 10. The third-order valence-electron chi connectivity index (χ3n) is 5.48. The van der Waals surface area contributed by atoms with Gasteiger partial charge in [-0.2, -0.15) is 0 Å². The normalized spacial score (nSPS) is 18.5. The summed E-state index contributed by atoms with van der Waals surface area (Å²) in [5, 5.41) is 4.42. The monoisotopic (exact) mass is 484 g/mol. The lowest BCUT2D eigenvalue weighted by Crippen LogP contribution is -2.23. The number of aromatic nitrogens is 5. The highest BCUT2D eigenvalue weighted by Crippen LogP contribution is 2.37. The van der Waals surface area contributed by atoms with Gasteiger partial charge in [-0.15, -0.1) is 11.3 Å². The van der Waals surface area contributed by atoms with Crippen molar-refractivity contribution in [3.05, 3.63) is 51.7 Å². The van der Waals surface area contributed by atoms with Gasteiger partial charge >= 0.3 is 0 Å². The molecule has 1 aliphatic rings. The van der Waals surface area contributed by atoms with Crippen molar-refractivity contribution in [1.29, 1.82) is 0 Å². The zero-order valence-electron chi connectivity index (χ0n) is 17.3. The van der Waals surface area contributed by atoms with Crippen molar-refractivity contribution in [3.63, 3.8) is 0 Å². The summed E-state index contributed by atoms with van der Waals surface area (Å²) in [6.07, 6.45) is 3.41. The zero-order valence-corrected chi connectivity index (χ0v) is 19.7. The van der Waals surface area contributed by atoms with E-state index in [9.17, 15) is 0 Å². The summed E-state index contributed by atoms with van der Waals surface area (Å²) in [4.78, 5) is 25.7. The van der Waals surface area contributed by atoms with E-state index < -0.39 is 0 Å². The lowest BCUT2D eigenvalue weighted by Gasteiger charge is -2.17. The molecule has 4 aromatic heterocycles. The number of nitrogens with zero attached hydrogens (tertiary/aromatic N) is 6. The lowest BCUT2D eigenvalue weighted by atomic mass is 9.97. The number of anilines is 2. The van der Waals surface area contributed by atoms with Crippen LogP contribution in [0.1, 0.15) is 16.6 Å². The molecular weight excluding hydrogens is 464 g/mol. The average molecular weight is 485 g/mol. The molecule has 0 bridgehead atoms. The lowest BCUT2D eigenvalue weighted by molar-refractivity contribution is 0.529. The number of nitrogen functional groups attached to an aromatic ring is 1. The first-order valence-corrected chi connectivity index (χ1v) is 12.2. The first kappa shape index (κ1) is 21.3. The second-order valence-electron chi connectivity index (χ2n) is 7.67. The molecule has 32 heavy (non-hydrogen) atoms. The molecule has 0 spiro atoms. The number of hydrogen-bond donors (Lipinski definition) is 2. The van der Waals surface area contributed by atoms with Crippen molar-refractivity contribution < 1.29 is 0 Å². The molecule has 4 aromatic rings. The topological polar surface area (TPSA) is 120 Å². The molecule has 8 nitrogen and oxygen atoms in total. The van der Waals surface area contributed by atoms with E-state index in [1.165, 1.54) is 11.8 Å². The van der Waals surface area contributed by atoms with Crippen LogP contribution < -0.4 is 16.4 Å². The van der Waals surface area contributed by atoms with Gasteiger partial charge in [-0.1, -0.05) is 23.4 Å². The first-order valence-electron chi connectivity index (χ1n) is 10.1. The zero-order chi connectivity index (χ0) is 22.2. The van der Waals surface area contributed by atoms with Crippen LogP contribution in [0.5, 0.6) is 0 Å². The van der Waals surface area contributed by atoms with Crippen molar-refractivity contribution in [2.75, 3.05) is 30.3 Å². The van der Waals surface area contributed by atoms with E-state index in [2.05, 4.69) is 25.2 Å². The Balaban J connectivity index is 1.38. The van der Waals surface area contributed by atoms with Crippen LogP contribution in [0.2, 0.25) is 5.02 Å². The van der Waals surface area contributed by atoms with E-state index in [0.717, 1.165) is 45.0 Å². The van der Waals surface area contributed by atoms with Gasteiger partial charge in [0.15, 0.2) is 5.65 Å². The van der Waals surface area contributed by atoms with Gasteiger partial charge in [-0.25, -0.2) is 24.9 Å². The highest BCUT2D eigenvalue weighted by Gasteiger charge is 2.35. The van der Waals surface area contributed by atoms with E-state index >= 15 is 0 Å². The SMILES string of the molecule is Cc1csc([C@H]2CN(c3cnc4nc(Sc5ccnc(N)c5Cl)ccc4n3)C[C@H]2CN)n1. The van der Waals surface area contributed by atoms with Crippen LogP contribution in [0, 0.1) is 12.8 Å². The van der Waals surface area contributed by atoms with Gasteiger partial charge < -0.3 is 16.4 Å². The maximum Gasteiger partial charge on any atom is 0.179 e. The van der Waals surface area contributed by atoms with Gasteiger partial charge in [0.2, 0.25) is 0 Å². The van der Waals surface area contributed by atoms with Gasteiger partial charge in [0.05, 0.1) is 16.2 Å². The summed E-state index contributed by atoms with van der Waals surface area (Å²) in [5.74, 6) is 1.78. The summed E-state index contributed by atoms with van der Waals surface area (Å²) in [5.41, 5.74) is 14.3. The third-order valence-corrected chi connectivity index (χ3v) is 8.08. The molecule has 5 rings (SSSR count). The molecule has 1 saturated heterocycles. The van der Waals surface area contributed by atoms with Crippen molar-refractivity contribution >= 4 is 57.5 Å². The summed E-state index contributed by atoms with van der Waals surface area (Å²) in [6.45, 7) is 4.31. The van der Waals surface area contributed by atoms with Crippen LogP contribution in [0.3, 0.4) is 0 Å². The number of pyridine rings is 2. The maximum absolute atomic E-state index is 6.25. The van der Waals surface area contributed by atoms with Crippen molar-refractivity contribution in [1.82, 2.24) is 24.9 Å². The van der Waals surface area contributed by atoms with Gasteiger partial charge in [0.25, 0.3) is 0 Å². The van der Waals surface area contributed by atoms with E-state index in [1.54, 1.807) is 23.7 Å². The minimum atomic E-state index is 0.300. The van der Waals surface area contributed by atoms with Crippen LogP contribution in [0.25, 0.3) is 11.2 Å². The van der Waals surface area contributed by atoms with Crippen LogP contribution >= 0.6 is 34.7 Å². The Morgan fingerprint density at radius 1 is 1.19 bits per heavy atom. The van der Waals surface area contributed by atoms with Crippen LogP contribution in [-0.4, -0.2) is 44.6 Å². The molecule has 0 radical (unpaired) electrons. The fourth-order valence-corrected chi connectivity index (χ4v) is 5.87. The minimum Gasteiger partial charge on any atom is -0.382 e. The molecule has 0 aromatic carbocycles. The fourth-order valence-electron chi connectivity index (χ4n) is 3.84. The highest BCUT2D eigenvalue weighted by molar-refractivity contribution is 7.99. The average Bonchev–Trinajstić information content (AvgIpc) is 3.42. The molecule has 164 valence electrons. The second kappa shape index (κ2) is 8.78. The number of halogens is 1. The van der Waals surface area contributed by atoms with E-state index in [0.29, 0.717) is 34.9 Å². The van der Waals surface area contributed by atoms with E-state index in [1.807, 2.05) is 25.1 Å². The predicted octanol–water partition coefficient (Wildman–Crippen LogP) is 3.75. The number of rotatable bonds is 5. The molecule has 0 amide bonds. The molecule has 0 aliphatic carbocycles. The van der Waals surface area contributed by atoms with Gasteiger partial charge in [0.1, 0.15) is 22.2 Å². The van der Waals surface area contributed by atoms with E-state index in [-0.39, 0.29) is 0 Å². The second-order valence-corrected chi connectivity index (χ2v) is 10.00. The fraction of sp³-hybridized carbons (Fsp3) is 0.286. The summed E-state index contributed by atoms with van der Waals surface area (Å²) in [7, 11) is 0. The highest BCUT2D eigenvalue weighted by atomic mass is 35.5. The Bertz CT molecular complexity index is 1280. The molecule has 4 N–H and O–H groups in total. The van der Waals surface area contributed by atoms with Crippen LogP contribution in [0.4, 0.5) is 11.6 Å². The van der Waals surface area contributed by atoms with Crippen molar-refractivity contribution in [3.8, 4) is 0 Å². The van der Waals surface area contributed by atoms with Gasteiger partial charge in [-0.3, -0.25) is 0 Å². The predicted molar refractivity (Wildman–Crippen MR) is 129 cm³/mol. The number of thiazole rings is 1. The van der Waals surface area contributed by atoms with Crippen LogP contribution in [0.15, 0.2) is 45.9 Å². The van der Waals surface area contributed by atoms with Crippen molar-refractivity contribution in [2.24, 2.45) is 11.7 Å². The maximum atomic E-state index is 6.25. The molecule has 0 saturated carbocycles. The summed E-state index contributed by atoms with van der Waals surface area (Å²) >= 11 is 9.38. The molecular formula is C21H21ClN8S2. The summed E-state index contributed by atoms with van der Waals surface area (Å²) < 4.78 is 0. The van der Waals surface area contributed by atoms with Crippen molar-refractivity contribution in [2.45, 2.75) is 22.8 Å². The Hall–Kier alpha value is -2.53. The van der Waals surface area contributed by atoms with Gasteiger partial charge in [-0.05, 0) is 37.6 Å². The number of aryl methyl sites for hydroxylation is 1. The smallest absolute Gasteiger partial charge is 0.179 e. The summed E-state index contributed by atoms with van der Waals surface area (Å²) in [6, 6.07) is 5.65. The molecule has 5 heterocycles. The quantitative estimate of drug-likeness (QED) is 0.436. The third kappa shape index (κ3) is 4.11. The molecule has 0 unspecified atom stereocenters. The number of fused-ring (bicyclic) bond motifs is 1.